The minimum absolute atomic E-state index is 0.145. The van der Waals surface area contributed by atoms with Crippen molar-refractivity contribution in [1.29, 1.82) is 0 Å². The molecule has 0 spiro atoms. The van der Waals surface area contributed by atoms with Crippen molar-refractivity contribution in [2.45, 2.75) is 30.0 Å². The summed E-state index contributed by atoms with van der Waals surface area (Å²) in [6.07, 6.45) is -2.25. The normalized spacial score (nSPS) is 18.1. The monoisotopic (exact) mass is 455 g/mol. The second kappa shape index (κ2) is 8.12. The lowest BCUT2D eigenvalue weighted by molar-refractivity contribution is -0.137. The molecule has 1 aromatic carbocycles. The van der Waals surface area contributed by atoms with Crippen LogP contribution in [-0.4, -0.2) is 60.8 Å². The number of pyridine rings is 1. The van der Waals surface area contributed by atoms with E-state index in [0.717, 1.165) is 31.2 Å². The van der Waals surface area contributed by atoms with E-state index in [9.17, 15) is 26.4 Å². The summed E-state index contributed by atoms with van der Waals surface area (Å²) in [6.45, 7) is 1.40. The molecule has 2 aliphatic heterocycles. The maximum atomic E-state index is 12.8. The topological polar surface area (TPSA) is 79.8 Å². The van der Waals surface area contributed by atoms with Crippen LogP contribution in [0.15, 0.2) is 47.5 Å². The van der Waals surface area contributed by atoms with Crippen molar-refractivity contribution in [3.8, 4) is 5.88 Å². The fourth-order valence-corrected chi connectivity index (χ4v) is 5.05. The molecule has 2 aliphatic rings. The molecular weight excluding hydrogens is 435 g/mol. The number of halogens is 3. The maximum absolute atomic E-state index is 12.8. The van der Waals surface area contributed by atoms with E-state index < -0.39 is 27.9 Å². The number of likely N-dealkylation sites (tertiary alicyclic amines) is 1. The van der Waals surface area contributed by atoms with Crippen molar-refractivity contribution in [1.82, 2.24) is 14.2 Å². The van der Waals surface area contributed by atoms with E-state index in [1.807, 2.05) is 0 Å². The molecule has 0 unspecified atom stereocenters. The average molecular weight is 455 g/mol. The highest BCUT2D eigenvalue weighted by molar-refractivity contribution is 7.89. The van der Waals surface area contributed by atoms with Gasteiger partial charge in [-0.2, -0.15) is 17.5 Å². The predicted octanol–water partition coefficient (Wildman–Crippen LogP) is 2.79. The van der Waals surface area contributed by atoms with Crippen LogP contribution in [-0.2, 0) is 16.2 Å². The number of aromatic nitrogens is 1. The highest BCUT2D eigenvalue weighted by atomic mass is 32.2. The Morgan fingerprint density at radius 1 is 1.06 bits per heavy atom. The second-order valence-corrected chi connectivity index (χ2v) is 9.40. The van der Waals surface area contributed by atoms with Gasteiger partial charge in [-0.3, -0.25) is 4.79 Å². The van der Waals surface area contributed by atoms with Crippen LogP contribution in [0.25, 0.3) is 0 Å². The Labute approximate surface area is 177 Å². The number of amides is 1. The standard InChI is InChI=1S/C20H20F3N3O4S/c21-20(22,23)15-7-8-24-18(11-15)30-16-12-25(13-16)19(27)14-3-5-17(6-4-14)31(28,29)26-9-1-2-10-26/h3-8,11,16H,1-2,9-10,12-13H2. The predicted molar refractivity (Wildman–Crippen MR) is 104 cm³/mol. The zero-order valence-corrected chi connectivity index (χ0v) is 17.2. The fraction of sp³-hybridized carbons (Fsp3) is 0.400. The third-order valence-electron chi connectivity index (χ3n) is 5.29. The van der Waals surface area contributed by atoms with Crippen molar-refractivity contribution in [3.05, 3.63) is 53.7 Å². The summed E-state index contributed by atoms with van der Waals surface area (Å²) in [6, 6.07) is 7.45. The van der Waals surface area contributed by atoms with Crippen LogP contribution in [0.4, 0.5) is 13.2 Å². The number of benzene rings is 1. The third kappa shape index (κ3) is 4.52. The first-order valence-electron chi connectivity index (χ1n) is 9.74. The number of alkyl halides is 3. The van der Waals surface area contributed by atoms with E-state index >= 15 is 0 Å². The minimum Gasteiger partial charge on any atom is -0.471 e. The van der Waals surface area contributed by atoms with E-state index in [4.69, 9.17) is 4.74 Å². The van der Waals surface area contributed by atoms with Crippen molar-refractivity contribution in [2.24, 2.45) is 0 Å². The van der Waals surface area contributed by atoms with Gasteiger partial charge >= 0.3 is 6.18 Å². The van der Waals surface area contributed by atoms with Crippen LogP contribution in [0.5, 0.6) is 5.88 Å². The first-order chi connectivity index (χ1) is 14.6. The number of carbonyl (C=O) groups excluding carboxylic acids is 1. The van der Waals surface area contributed by atoms with Crippen LogP contribution in [0.3, 0.4) is 0 Å². The van der Waals surface area contributed by atoms with E-state index in [2.05, 4.69) is 4.98 Å². The molecule has 0 atom stereocenters. The number of sulfonamides is 1. The van der Waals surface area contributed by atoms with E-state index in [1.54, 1.807) is 0 Å². The molecule has 0 aliphatic carbocycles. The summed E-state index contributed by atoms with van der Waals surface area (Å²) < 4.78 is 70.3. The Balaban J connectivity index is 1.35. The highest BCUT2D eigenvalue weighted by Crippen LogP contribution is 2.31. The van der Waals surface area contributed by atoms with Crippen molar-refractivity contribution < 1.29 is 31.1 Å². The van der Waals surface area contributed by atoms with Crippen molar-refractivity contribution in [3.63, 3.8) is 0 Å². The Morgan fingerprint density at radius 3 is 2.32 bits per heavy atom. The number of nitrogens with zero attached hydrogens (tertiary/aromatic N) is 3. The summed E-state index contributed by atoms with van der Waals surface area (Å²) in [4.78, 5) is 18.0. The van der Waals surface area contributed by atoms with Crippen LogP contribution >= 0.6 is 0 Å². The van der Waals surface area contributed by atoms with Gasteiger partial charge in [0.25, 0.3) is 5.91 Å². The highest BCUT2D eigenvalue weighted by Gasteiger charge is 2.35. The van der Waals surface area contributed by atoms with Gasteiger partial charge in [-0.05, 0) is 43.2 Å². The average Bonchev–Trinajstić information content (AvgIpc) is 3.25. The molecule has 0 radical (unpaired) electrons. The van der Waals surface area contributed by atoms with Crippen LogP contribution in [0, 0.1) is 0 Å². The van der Waals surface area contributed by atoms with Crippen LogP contribution in [0.2, 0.25) is 0 Å². The van der Waals surface area contributed by atoms with Gasteiger partial charge in [-0.15, -0.1) is 0 Å². The third-order valence-corrected chi connectivity index (χ3v) is 7.20. The Morgan fingerprint density at radius 2 is 1.71 bits per heavy atom. The molecule has 1 amide bonds. The first kappa shape index (κ1) is 21.6. The summed E-state index contributed by atoms with van der Waals surface area (Å²) >= 11 is 0. The molecule has 0 N–H and O–H groups in total. The molecule has 3 heterocycles. The lowest BCUT2D eigenvalue weighted by atomic mass is 10.1. The van der Waals surface area contributed by atoms with E-state index in [-0.39, 0.29) is 29.8 Å². The van der Waals surface area contributed by atoms with E-state index in [0.29, 0.717) is 18.7 Å². The molecule has 2 saturated heterocycles. The number of hydrogen-bond donors (Lipinski definition) is 0. The molecule has 4 rings (SSSR count). The molecule has 11 heteroatoms. The zero-order valence-electron chi connectivity index (χ0n) is 16.4. The Kier molecular flexibility index (Phi) is 5.65. The van der Waals surface area contributed by atoms with Crippen LogP contribution in [0.1, 0.15) is 28.8 Å². The molecule has 7 nitrogen and oxygen atoms in total. The van der Waals surface area contributed by atoms with Gasteiger partial charge in [0.2, 0.25) is 15.9 Å². The van der Waals surface area contributed by atoms with Gasteiger partial charge in [-0.1, -0.05) is 0 Å². The molecule has 166 valence electrons. The first-order valence-corrected chi connectivity index (χ1v) is 11.2. The lowest BCUT2D eigenvalue weighted by Crippen LogP contribution is -2.56. The molecule has 1 aromatic heterocycles. The Hall–Kier alpha value is -2.66. The molecule has 2 fully saturated rings. The summed E-state index contributed by atoms with van der Waals surface area (Å²) in [7, 11) is -3.55. The molecule has 2 aromatic rings. The SMILES string of the molecule is O=C(c1ccc(S(=O)(=O)N2CCCC2)cc1)N1CC(Oc2cc(C(F)(F)F)ccn2)C1. The Bertz CT molecular complexity index is 1060. The van der Waals surface area contributed by atoms with Gasteiger partial charge in [0, 0.05) is 30.9 Å². The maximum Gasteiger partial charge on any atom is 0.416 e. The smallest absolute Gasteiger partial charge is 0.416 e. The lowest BCUT2D eigenvalue weighted by Gasteiger charge is -2.38. The van der Waals surface area contributed by atoms with Gasteiger partial charge in [-0.25, -0.2) is 13.4 Å². The van der Waals surface area contributed by atoms with Gasteiger partial charge in [0.1, 0.15) is 6.10 Å². The number of hydrogen-bond acceptors (Lipinski definition) is 5. The zero-order chi connectivity index (χ0) is 22.2. The van der Waals surface area contributed by atoms with Gasteiger partial charge < -0.3 is 9.64 Å². The second-order valence-electron chi connectivity index (χ2n) is 7.47. The summed E-state index contributed by atoms with van der Waals surface area (Å²) in [5.41, 5.74) is -0.523. The number of rotatable bonds is 5. The molecule has 0 saturated carbocycles. The van der Waals surface area contributed by atoms with Crippen molar-refractivity contribution >= 4 is 15.9 Å². The summed E-state index contributed by atoms with van der Waals surface area (Å²) in [5, 5.41) is 0. The quantitative estimate of drug-likeness (QED) is 0.693. The minimum atomic E-state index is -4.49. The largest absolute Gasteiger partial charge is 0.471 e. The fourth-order valence-electron chi connectivity index (χ4n) is 3.53. The number of carbonyl (C=O) groups is 1. The van der Waals surface area contributed by atoms with Gasteiger partial charge in [0.05, 0.1) is 23.5 Å². The van der Waals surface area contributed by atoms with Crippen LogP contribution < -0.4 is 4.74 Å². The van der Waals surface area contributed by atoms with E-state index in [1.165, 1.54) is 33.5 Å². The molecular formula is C20H20F3N3O4S. The molecule has 0 bridgehead atoms. The number of ether oxygens (including phenoxy) is 1. The van der Waals surface area contributed by atoms with Crippen molar-refractivity contribution in [2.75, 3.05) is 26.2 Å². The molecule has 31 heavy (non-hydrogen) atoms. The summed E-state index contributed by atoms with van der Waals surface area (Å²) in [5.74, 6) is -0.453. The van der Waals surface area contributed by atoms with Gasteiger partial charge in [0.15, 0.2) is 0 Å².